The molecule has 0 saturated heterocycles. The topological polar surface area (TPSA) is 102 Å². The Morgan fingerprint density at radius 1 is 0.931 bits per heavy atom. The number of rotatable bonds is 8. The van der Waals surface area contributed by atoms with Crippen LogP contribution in [0.5, 0.6) is 11.5 Å². The predicted octanol–water partition coefficient (Wildman–Crippen LogP) is 2.78. The molecule has 0 fully saturated rings. The summed E-state index contributed by atoms with van der Waals surface area (Å²) in [6.45, 7) is 0.402. The van der Waals surface area contributed by atoms with Gasteiger partial charge in [0.25, 0.3) is 11.8 Å². The van der Waals surface area contributed by atoms with E-state index < -0.39 is 5.91 Å². The zero-order valence-corrected chi connectivity index (χ0v) is 16.8. The highest BCUT2D eigenvalue weighted by atomic mass is 32.1. The average molecular weight is 412 g/mol. The molecule has 0 aliphatic carbocycles. The van der Waals surface area contributed by atoms with Gasteiger partial charge in [-0.1, -0.05) is 35.6 Å². The molecule has 0 aliphatic heterocycles. The molecule has 0 radical (unpaired) electrons. The lowest BCUT2D eigenvalue weighted by Gasteiger charge is -2.09. The summed E-state index contributed by atoms with van der Waals surface area (Å²) >= 11 is 0.943. The molecule has 1 aromatic heterocycles. The van der Waals surface area contributed by atoms with Gasteiger partial charge in [0.1, 0.15) is 0 Å². The van der Waals surface area contributed by atoms with Gasteiger partial charge in [0.15, 0.2) is 11.5 Å². The molecule has 0 spiro atoms. The van der Waals surface area contributed by atoms with E-state index in [1.165, 1.54) is 0 Å². The quantitative estimate of drug-likeness (QED) is 0.590. The van der Waals surface area contributed by atoms with E-state index in [1.807, 2.05) is 36.4 Å². The van der Waals surface area contributed by atoms with Gasteiger partial charge in [0.05, 0.1) is 14.2 Å². The molecule has 0 unspecified atom stereocenters. The number of methoxy groups -OCH3 is 2. The molecule has 0 atom stereocenters. The van der Waals surface area contributed by atoms with Gasteiger partial charge < -0.3 is 20.1 Å². The normalized spacial score (nSPS) is 10.3. The Labute approximate surface area is 171 Å². The van der Waals surface area contributed by atoms with Crippen LogP contribution in [0.3, 0.4) is 0 Å². The summed E-state index contributed by atoms with van der Waals surface area (Å²) in [4.78, 5) is 24.5. The number of nitrogens with zero attached hydrogens (tertiary/aromatic N) is 2. The van der Waals surface area contributed by atoms with E-state index in [1.54, 1.807) is 26.4 Å². The zero-order chi connectivity index (χ0) is 20.6. The fourth-order valence-corrected chi connectivity index (χ4v) is 3.20. The van der Waals surface area contributed by atoms with E-state index in [2.05, 4.69) is 20.8 Å². The highest BCUT2D eigenvalue weighted by molar-refractivity contribution is 7.15. The fourth-order valence-electron chi connectivity index (χ4n) is 2.54. The second kappa shape index (κ2) is 9.65. The molecule has 3 rings (SSSR count). The molecule has 29 heavy (non-hydrogen) atoms. The van der Waals surface area contributed by atoms with Crippen LogP contribution in [0.2, 0.25) is 0 Å². The average Bonchev–Trinajstić information content (AvgIpc) is 3.25. The number of anilines is 1. The van der Waals surface area contributed by atoms with Gasteiger partial charge in [0.2, 0.25) is 10.0 Å². The smallest absolute Gasteiger partial charge is 0.286 e. The Kier molecular flexibility index (Phi) is 6.75. The van der Waals surface area contributed by atoms with Gasteiger partial charge in [-0.25, -0.2) is 0 Å². The van der Waals surface area contributed by atoms with Crippen molar-refractivity contribution in [1.29, 1.82) is 0 Å². The number of nitrogens with one attached hydrogen (secondary N) is 2. The van der Waals surface area contributed by atoms with Crippen LogP contribution >= 0.6 is 11.3 Å². The molecule has 8 nitrogen and oxygen atoms in total. The van der Waals surface area contributed by atoms with Crippen molar-refractivity contribution in [3.63, 3.8) is 0 Å². The van der Waals surface area contributed by atoms with Crippen molar-refractivity contribution in [2.45, 2.75) is 6.42 Å². The number of ether oxygens (including phenoxy) is 2. The van der Waals surface area contributed by atoms with Gasteiger partial charge in [-0.05, 0) is 36.2 Å². The molecule has 1 heterocycles. The van der Waals surface area contributed by atoms with Crippen molar-refractivity contribution in [1.82, 2.24) is 15.5 Å². The Bertz CT molecular complexity index is 991. The summed E-state index contributed by atoms with van der Waals surface area (Å²) in [5, 5.41) is 13.4. The molecular weight excluding hydrogens is 392 g/mol. The summed E-state index contributed by atoms with van der Waals surface area (Å²) in [6, 6.07) is 14.6. The van der Waals surface area contributed by atoms with Crippen molar-refractivity contribution < 1.29 is 19.1 Å². The molecule has 150 valence electrons. The number of para-hydroxylation sites is 1. The van der Waals surface area contributed by atoms with Gasteiger partial charge in [0, 0.05) is 12.2 Å². The van der Waals surface area contributed by atoms with Crippen LogP contribution in [0.15, 0.2) is 48.5 Å². The first-order chi connectivity index (χ1) is 14.1. The third-order valence-electron chi connectivity index (χ3n) is 3.99. The molecule has 9 heteroatoms. The standard InChI is InChI=1S/C20H20N4O4S/c1-27-15-9-8-13(12-16(15)28-2)10-11-21-17(25)19-23-24-20(29-19)18(26)22-14-6-4-3-5-7-14/h3-9,12H,10-11H2,1-2H3,(H,21,25)(H,22,26). The first-order valence-corrected chi connectivity index (χ1v) is 9.61. The first-order valence-electron chi connectivity index (χ1n) is 8.79. The predicted molar refractivity (Wildman–Crippen MR) is 110 cm³/mol. The maximum absolute atomic E-state index is 12.3. The van der Waals surface area contributed by atoms with Crippen LogP contribution in [-0.4, -0.2) is 42.8 Å². The summed E-state index contributed by atoms with van der Waals surface area (Å²) < 4.78 is 10.5. The van der Waals surface area contributed by atoms with E-state index in [-0.39, 0.29) is 15.9 Å². The van der Waals surface area contributed by atoms with Gasteiger partial charge in [-0.3, -0.25) is 9.59 Å². The molecule has 0 bridgehead atoms. The monoisotopic (exact) mass is 412 g/mol. The fraction of sp³-hybridized carbons (Fsp3) is 0.200. The van der Waals surface area contributed by atoms with Crippen LogP contribution in [0.4, 0.5) is 5.69 Å². The number of benzene rings is 2. The third kappa shape index (κ3) is 5.29. The van der Waals surface area contributed by atoms with Crippen LogP contribution < -0.4 is 20.1 Å². The maximum atomic E-state index is 12.3. The summed E-state index contributed by atoms with van der Waals surface area (Å²) in [6.07, 6.45) is 0.603. The molecule has 2 aromatic carbocycles. The lowest BCUT2D eigenvalue weighted by molar-refractivity contribution is 0.0951. The molecule has 0 saturated carbocycles. The van der Waals surface area contributed by atoms with E-state index in [9.17, 15) is 9.59 Å². The first kappa shape index (κ1) is 20.3. The van der Waals surface area contributed by atoms with Crippen LogP contribution in [0.25, 0.3) is 0 Å². The Morgan fingerprint density at radius 2 is 1.62 bits per heavy atom. The Hall–Kier alpha value is -3.46. The van der Waals surface area contributed by atoms with Crippen LogP contribution in [-0.2, 0) is 6.42 Å². The summed E-state index contributed by atoms with van der Waals surface area (Å²) in [7, 11) is 3.15. The largest absolute Gasteiger partial charge is 0.493 e. The van der Waals surface area contributed by atoms with Crippen LogP contribution in [0.1, 0.15) is 25.2 Å². The van der Waals surface area contributed by atoms with E-state index in [0.717, 1.165) is 16.9 Å². The number of carbonyl (C=O) groups is 2. The van der Waals surface area contributed by atoms with Crippen molar-refractivity contribution in [3.8, 4) is 11.5 Å². The van der Waals surface area contributed by atoms with Crippen molar-refractivity contribution in [3.05, 3.63) is 64.1 Å². The van der Waals surface area contributed by atoms with E-state index in [0.29, 0.717) is 30.2 Å². The second-order valence-electron chi connectivity index (χ2n) is 5.93. The van der Waals surface area contributed by atoms with Gasteiger partial charge in [-0.2, -0.15) is 0 Å². The highest BCUT2D eigenvalue weighted by Gasteiger charge is 2.17. The van der Waals surface area contributed by atoms with Crippen molar-refractivity contribution in [2.75, 3.05) is 26.1 Å². The third-order valence-corrected chi connectivity index (χ3v) is 4.91. The number of hydrogen-bond donors (Lipinski definition) is 2. The molecule has 3 aromatic rings. The van der Waals surface area contributed by atoms with E-state index in [4.69, 9.17) is 9.47 Å². The minimum Gasteiger partial charge on any atom is -0.493 e. The minimum atomic E-state index is -0.405. The summed E-state index contributed by atoms with van der Waals surface area (Å²) in [5.74, 6) is 0.504. The highest BCUT2D eigenvalue weighted by Crippen LogP contribution is 2.27. The van der Waals surface area contributed by atoms with Crippen LogP contribution in [0, 0.1) is 0 Å². The number of carbonyl (C=O) groups excluding carboxylic acids is 2. The lowest BCUT2D eigenvalue weighted by atomic mass is 10.1. The zero-order valence-electron chi connectivity index (χ0n) is 16.0. The Morgan fingerprint density at radius 3 is 2.31 bits per heavy atom. The van der Waals surface area contributed by atoms with E-state index >= 15 is 0 Å². The molecule has 2 N–H and O–H groups in total. The van der Waals surface area contributed by atoms with Crippen molar-refractivity contribution >= 4 is 28.8 Å². The SMILES string of the molecule is COc1ccc(CCNC(=O)c2nnc(C(=O)Nc3ccccc3)s2)cc1OC. The second-order valence-corrected chi connectivity index (χ2v) is 6.91. The molecule has 0 aliphatic rings. The number of aromatic nitrogens is 2. The van der Waals surface area contributed by atoms with Gasteiger partial charge in [-0.15, -0.1) is 10.2 Å². The summed E-state index contributed by atoms with van der Waals surface area (Å²) in [5.41, 5.74) is 1.64. The minimum absolute atomic E-state index is 0.124. The lowest BCUT2D eigenvalue weighted by Crippen LogP contribution is -2.25. The number of hydrogen-bond acceptors (Lipinski definition) is 7. The maximum Gasteiger partial charge on any atom is 0.286 e. The molecular formula is C20H20N4O4S. The van der Waals surface area contributed by atoms with Crippen molar-refractivity contribution in [2.24, 2.45) is 0 Å². The Balaban J connectivity index is 1.53. The number of amides is 2. The van der Waals surface area contributed by atoms with Gasteiger partial charge >= 0.3 is 0 Å². The molecule has 2 amide bonds.